The number of carbonyl (C=O) groups is 1. The zero-order valence-electron chi connectivity index (χ0n) is 15.9. The molecule has 28 heavy (non-hydrogen) atoms. The van der Waals surface area contributed by atoms with E-state index in [1.165, 1.54) is 6.08 Å². The fraction of sp³-hybridized carbons (Fsp3) is 0.174. The largest absolute Gasteiger partial charge is 0.506 e. The zero-order chi connectivity index (χ0) is 20.5. The molecule has 0 radical (unpaired) electrons. The van der Waals surface area contributed by atoms with Gasteiger partial charge in [-0.25, -0.2) is 4.98 Å². The van der Waals surface area contributed by atoms with Crippen molar-refractivity contribution in [3.05, 3.63) is 78.6 Å². The van der Waals surface area contributed by atoms with Gasteiger partial charge in [-0.05, 0) is 30.2 Å². The first kappa shape index (κ1) is 20.7. The molecule has 1 aromatic carbocycles. The van der Waals surface area contributed by atoms with Crippen LogP contribution in [0.5, 0.6) is 5.75 Å². The van der Waals surface area contributed by atoms with Crippen LogP contribution in [-0.4, -0.2) is 22.0 Å². The number of rotatable bonds is 8. The Hall–Kier alpha value is -3.65. The summed E-state index contributed by atoms with van der Waals surface area (Å²) in [6, 6.07) is 10.2. The molecule has 0 saturated carbocycles. The van der Waals surface area contributed by atoms with Gasteiger partial charge in [0.25, 0.3) is 5.91 Å². The predicted octanol–water partition coefficient (Wildman–Crippen LogP) is 4.43. The summed E-state index contributed by atoms with van der Waals surface area (Å²) in [6.07, 6.45) is 8.07. The lowest BCUT2D eigenvalue weighted by molar-refractivity contribution is -0.117. The van der Waals surface area contributed by atoms with E-state index < -0.39 is 5.91 Å². The fourth-order valence-corrected chi connectivity index (χ4v) is 2.83. The normalized spacial score (nSPS) is 12.9. The minimum absolute atomic E-state index is 0.0453. The summed E-state index contributed by atoms with van der Waals surface area (Å²) >= 11 is 0. The average molecular weight is 373 g/mol. The lowest BCUT2D eigenvalue weighted by atomic mass is 10.0. The van der Waals surface area contributed by atoms with Crippen LogP contribution in [0.25, 0.3) is 17.0 Å². The van der Waals surface area contributed by atoms with E-state index in [2.05, 4.69) is 23.5 Å². The molecule has 0 saturated heterocycles. The number of benzene rings is 1. The van der Waals surface area contributed by atoms with Crippen LogP contribution in [0.1, 0.15) is 25.5 Å². The third-order valence-corrected chi connectivity index (χ3v) is 4.21. The van der Waals surface area contributed by atoms with Crippen molar-refractivity contribution in [3.8, 4) is 11.8 Å². The molecule has 2 N–H and O–H groups in total. The summed E-state index contributed by atoms with van der Waals surface area (Å²) in [5.74, 6) is -0.444. The quantitative estimate of drug-likeness (QED) is 0.407. The summed E-state index contributed by atoms with van der Waals surface area (Å²) < 4.78 is 0. The molecule has 142 valence electrons. The molecular formula is C23H23N3O2. The number of nitrogens with one attached hydrogen (secondary N) is 1. The van der Waals surface area contributed by atoms with Crippen LogP contribution in [0.15, 0.2) is 72.9 Å². The van der Waals surface area contributed by atoms with Crippen LogP contribution in [0, 0.1) is 11.3 Å². The van der Waals surface area contributed by atoms with Crippen molar-refractivity contribution in [2.75, 3.05) is 0 Å². The van der Waals surface area contributed by atoms with Gasteiger partial charge in [0.15, 0.2) is 0 Å². The number of aromatic nitrogens is 1. The Bertz CT molecular complexity index is 997. The highest BCUT2D eigenvalue weighted by atomic mass is 16.3. The van der Waals surface area contributed by atoms with E-state index in [0.717, 1.165) is 17.4 Å². The fourth-order valence-electron chi connectivity index (χ4n) is 2.83. The molecule has 0 aliphatic rings. The van der Waals surface area contributed by atoms with Gasteiger partial charge in [-0.1, -0.05) is 62.9 Å². The summed E-state index contributed by atoms with van der Waals surface area (Å²) in [5, 5.41) is 23.1. The Morgan fingerprint density at radius 1 is 1.36 bits per heavy atom. The van der Waals surface area contributed by atoms with E-state index in [-0.39, 0.29) is 17.4 Å². The van der Waals surface area contributed by atoms with Crippen LogP contribution in [0.2, 0.25) is 0 Å². The number of carbonyl (C=O) groups excluding carboxylic acids is 1. The number of fused-ring (bicyclic) bond motifs is 1. The molecule has 0 bridgehead atoms. The molecule has 0 aliphatic carbocycles. The highest BCUT2D eigenvalue weighted by molar-refractivity contribution is 6.02. The number of phenols is 1. The predicted molar refractivity (Wildman–Crippen MR) is 112 cm³/mol. The maximum absolute atomic E-state index is 12.7. The third-order valence-electron chi connectivity index (χ3n) is 4.21. The van der Waals surface area contributed by atoms with Crippen LogP contribution >= 0.6 is 0 Å². The van der Waals surface area contributed by atoms with Crippen LogP contribution in [0.4, 0.5) is 0 Å². The molecule has 1 heterocycles. The van der Waals surface area contributed by atoms with E-state index in [0.29, 0.717) is 17.6 Å². The zero-order valence-corrected chi connectivity index (χ0v) is 15.9. The molecule has 1 unspecified atom stereocenters. The van der Waals surface area contributed by atoms with Crippen molar-refractivity contribution in [3.63, 3.8) is 0 Å². The SMILES string of the molecule is C=C/C=C(\C=C)C(CCC)NC(=O)/C(C#N)=C/c1ccc2cccc(O)c2n1. The number of pyridine rings is 1. The number of phenolic OH excluding ortho intramolecular Hbond substituents is 1. The van der Waals surface area contributed by atoms with Crippen molar-refractivity contribution in [2.24, 2.45) is 0 Å². The smallest absolute Gasteiger partial charge is 0.262 e. The molecular weight excluding hydrogens is 350 g/mol. The van der Waals surface area contributed by atoms with Crippen molar-refractivity contribution in [1.82, 2.24) is 10.3 Å². The molecule has 2 rings (SSSR count). The summed E-state index contributed by atoms with van der Waals surface area (Å²) in [6.45, 7) is 9.47. The molecule has 1 aromatic heterocycles. The number of para-hydroxylation sites is 1. The van der Waals surface area contributed by atoms with Gasteiger partial charge >= 0.3 is 0 Å². The molecule has 5 heteroatoms. The highest BCUT2D eigenvalue weighted by Gasteiger charge is 2.17. The van der Waals surface area contributed by atoms with Crippen LogP contribution < -0.4 is 5.32 Å². The first-order chi connectivity index (χ1) is 13.5. The van der Waals surface area contributed by atoms with E-state index >= 15 is 0 Å². The molecule has 0 spiro atoms. The van der Waals surface area contributed by atoms with Crippen LogP contribution in [0.3, 0.4) is 0 Å². The molecule has 0 aliphatic heterocycles. The van der Waals surface area contributed by atoms with Gasteiger partial charge in [-0.3, -0.25) is 4.79 Å². The Morgan fingerprint density at radius 2 is 2.14 bits per heavy atom. The number of aromatic hydroxyl groups is 1. The van der Waals surface area contributed by atoms with Crippen molar-refractivity contribution < 1.29 is 9.90 Å². The summed E-state index contributed by atoms with van der Waals surface area (Å²) in [7, 11) is 0. The maximum Gasteiger partial charge on any atom is 0.262 e. The third kappa shape index (κ3) is 4.95. The molecule has 1 amide bonds. The monoisotopic (exact) mass is 373 g/mol. The van der Waals surface area contributed by atoms with Gasteiger partial charge in [-0.15, -0.1) is 0 Å². The second-order valence-electron chi connectivity index (χ2n) is 6.18. The molecule has 2 aromatic rings. The van der Waals surface area contributed by atoms with Crippen molar-refractivity contribution in [2.45, 2.75) is 25.8 Å². The first-order valence-electron chi connectivity index (χ1n) is 9.00. The van der Waals surface area contributed by atoms with Gasteiger partial charge in [0.1, 0.15) is 22.9 Å². The second kappa shape index (κ2) is 9.89. The Kier molecular flexibility index (Phi) is 7.29. The van der Waals surface area contributed by atoms with Gasteiger partial charge in [0.2, 0.25) is 0 Å². The van der Waals surface area contributed by atoms with Gasteiger partial charge in [0.05, 0.1) is 11.7 Å². The molecule has 1 atom stereocenters. The van der Waals surface area contributed by atoms with E-state index in [1.54, 1.807) is 42.5 Å². The number of hydrogen-bond donors (Lipinski definition) is 2. The number of amides is 1. The van der Waals surface area contributed by atoms with Crippen molar-refractivity contribution >= 4 is 22.9 Å². The molecule has 0 fully saturated rings. The van der Waals surface area contributed by atoms with Gasteiger partial charge < -0.3 is 10.4 Å². The minimum Gasteiger partial charge on any atom is -0.506 e. The Morgan fingerprint density at radius 3 is 2.79 bits per heavy atom. The summed E-state index contributed by atoms with van der Waals surface area (Å²) in [5.41, 5.74) is 1.60. The lowest BCUT2D eigenvalue weighted by Crippen LogP contribution is -2.36. The standard InChI is InChI=1S/C23H23N3O2/c1-4-8-16(6-3)20(9-5-2)26-23(28)18(15-24)14-19-13-12-17-10-7-11-21(27)22(17)25-19/h4,6-8,10-14,20,27H,1,3,5,9H2,2H3,(H,26,28)/b16-8+,18-14+. The van der Waals surface area contributed by atoms with E-state index in [1.807, 2.05) is 19.1 Å². The Labute approximate surface area is 165 Å². The van der Waals surface area contributed by atoms with E-state index in [9.17, 15) is 15.2 Å². The lowest BCUT2D eigenvalue weighted by Gasteiger charge is -2.19. The highest BCUT2D eigenvalue weighted by Crippen LogP contribution is 2.23. The number of nitriles is 1. The number of allylic oxidation sites excluding steroid dienone is 2. The number of hydrogen-bond acceptors (Lipinski definition) is 4. The van der Waals surface area contributed by atoms with E-state index in [4.69, 9.17) is 0 Å². The minimum atomic E-state index is -0.489. The maximum atomic E-state index is 12.7. The first-order valence-corrected chi connectivity index (χ1v) is 9.00. The second-order valence-corrected chi connectivity index (χ2v) is 6.18. The molecule has 5 nitrogen and oxygen atoms in total. The van der Waals surface area contributed by atoms with Gasteiger partial charge in [-0.2, -0.15) is 5.26 Å². The van der Waals surface area contributed by atoms with Crippen molar-refractivity contribution in [1.29, 1.82) is 5.26 Å². The Balaban J connectivity index is 2.33. The number of nitrogens with zero attached hydrogens (tertiary/aromatic N) is 2. The average Bonchev–Trinajstić information content (AvgIpc) is 2.70. The topological polar surface area (TPSA) is 86.0 Å². The van der Waals surface area contributed by atoms with Gasteiger partial charge in [0, 0.05) is 5.39 Å². The summed E-state index contributed by atoms with van der Waals surface area (Å²) in [4.78, 5) is 17.0. The van der Waals surface area contributed by atoms with Crippen LogP contribution in [-0.2, 0) is 4.79 Å².